The van der Waals surface area contributed by atoms with Gasteiger partial charge in [0.2, 0.25) is 0 Å². The van der Waals surface area contributed by atoms with Gasteiger partial charge in [-0.3, -0.25) is 9.69 Å². The minimum absolute atomic E-state index is 0.00181. The number of carbonyl (C=O) groups is 3. The Bertz CT molecular complexity index is 873. The molecule has 1 aliphatic heterocycles. The molecule has 1 saturated heterocycles. The van der Waals surface area contributed by atoms with Gasteiger partial charge in [-0.1, -0.05) is 35.9 Å². The Morgan fingerprint density at radius 2 is 1.55 bits per heavy atom. The normalized spacial score (nSPS) is 13.9. The van der Waals surface area contributed by atoms with Crippen LogP contribution in [0.4, 0.5) is 4.39 Å². The van der Waals surface area contributed by atoms with Gasteiger partial charge in [0.05, 0.1) is 0 Å². The Labute approximate surface area is 171 Å². The van der Waals surface area contributed by atoms with E-state index in [-0.39, 0.29) is 11.7 Å². The lowest BCUT2D eigenvalue weighted by Crippen LogP contribution is -2.48. The molecule has 3 rings (SSSR count). The van der Waals surface area contributed by atoms with Gasteiger partial charge in [0.15, 0.2) is 0 Å². The summed E-state index contributed by atoms with van der Waals surface area (Å²) in [4.78, 5) is 34.6. The molecular weight excluding hydrogens is 403 g/mol. The minimum atomic E-state index is -1.82. The number of hydrogen-bond donors (Lipinski definition) is 2. The Kier molecular flexibility index (Phi) is 8.11. The van der Waals surface area contributed by atoms with Crippen molar-refractivity contribution in [3.05, 3.63) is 70.5 Å². The molecule has 7 nitrogen and oxygen atoms in total. The largest absolute Gasteiger partial charge is 0.473 e. The molecule has 0 radical (unpaired) electrons. The van der Waals surface area contributed by atoms with Crippen molar-refractivity contribution in [1.82, 2.24) is 9.80 Å². The second-order valence-corrected chi connectivity index (χ2v) is 6.72. The van der Waals surface area contributed by atoms with E-state index >= 15 is 0 Å². The van der Waals surface area contributed by atoms with E-state index in [1.807, 2.05) is 11.0 Å². The summed E-state index contributed by atoms with van der Waals surface area (Å²) >= 11 is 5.94. The SMILES string of the molecule is O=C(O)C(=O)O.O=C(c1cccc(Cl)c1)N1CCN(Cc2ccccc2F)CC1. The minimum Gasteiger partial charge on any atom is -0.473 e. The number of carbonyl (C=O) groups excluding carboxylic acids is 1. The maximum atomic E-state index is 13.7. The lowest BCUT2D eigenvalue weighted by Gasteiger charge is -2.34. The second kappa shape index (κ2) is 10.5. The molecule has 1 fully saturated rings. The molecule has 0 spiro atoms. The zero-order chi connectivity index (χ0) is 21.4. The first-order valence-corrected chi connectivity index (χ1v) is 9.12. The summed E-state index contributed by atoms with van der Waals surface area (Å²) in [5, 5.41) is 15.3. The first kappa shape index (κ1) is 22.3. The van der Waals surface area contributed by atoms with Crippen molar-refractivity contribution in [3.63, 3.8) is 0 Å². The number of benzene rings is 2. The third kappa shape index (κ3) is 6.85. The van der Waals surface area contributed by atoms with Gasteiger partial charge in [-0.2, -0.15) is 0 Å². The van der Waals surface area contributed by atoms with Crippen LogP contribution < -0.4 is 0 Å². The van der Waals surface area contributed by atoms with Crippen LogP contribution in [-0.4, -0.2) is 64.0 Å². The number of nitrogens with zero attached hydrogens (tertiary/aromatic N) is 2. The first-order chi connectivity index (χ1) is 13.8. The molecule has 1 aliphatic rings. The van der Waals surface area contributed by atoms with Crippen molar-refractivity contribution >= 4 is 29.4 Å². The number of aliphatic carboxylic acids is 2. The molecule has 9 heteroatoms. The Morgan fingerprint density at radius 1 is 0.931 bits per heavy atom. The van der Waals surface area contributed by atoms with E-state index in [2.05, 4.69) is 4.90 Å². The van der Waals surface area contributed by atoms with E-state index < -0.39 is 11.9 Å². The van der Waals surface area contributed by atoms with E-state index in [0.717, 1.165) is 13.1 Å². The van der Waals surface area contributed by atoms with Crippen LogP contribution in [0.15, 0.2) is 48.5 Å². The van der Waals surface area contributed by atoms with Gasteiger partial charge >= 0.3 is 11.9 Å². The van der Waals surface area contributed by atoms with Crippen LogP contribution >= 0.6 is 11.6 Å². The number of hydrogen-bond acceptors (Lipinski definition) is 4. The highest BCUT2D eigenvalue weighted by molar-refractivity contribution is 6.31. The Hall–Kier alpha value is -2.97. The summed E-state index contributed by atoms with van der Waals surface area (Å²) < 4.78 is 13.7. The zero-order valence-electron chi connectivity index (χ0n) is 15.4. The number of amides is 1. The van der Waals surface area contributed by atoms with Gasteiger partial charge < -0.3 is 15.1 Å². The van der Waals surface area contributed by atoms with Crippen LogP contribution in [0.5, 0.6) is 0 Å². The fourth-order valence-corrected chi connectivity index (χ4v) is 2.97. The number of rotatable bonds is 3. The highest BCUT2D eigenvalue weighted by Gasteiger charge is 2.22. The van der Waals surface area contributed by atoms with Crippen molar-refractivity contribution in [2.45, 2.75) is 6.54 Å². The summed E-state index contributed by atoms with van der Waals surface area (Å²) in [5.41, 5.74) is 1.31. The third-order valence-corrected chi connectivity index (χ3v) is 4.50. The molecule has 0 unspecified atom stereocenters. The highest BCUT2D eigenvalue weighted by atomic mass is 35.5. The molecule has 0 aromatic heterocycles. The summed E-state index contributed by atoms with van der Waals surface area (Å²) in [5.74, 6) is -3.83. The average molecular weight is 423 g/mol. The van der Waals surface area contributed by atoms with E-state index in [1.165, 1.54) is 6.07 Å². The Balaban J connectivity index is 0.000000438. The standard InChI is InChI=1S/C18H18ClFN2O.C2H2O4/c19-16-6-3-5-14(12-16)18(23)22-10-8-21(9-11-22)13-15-4-1-2-7-17(15)20;3-1(4)2(5)6/h1-7,12H,8-11,13H2;(H,3,4)(H,5,6). The van der Waals surface area contributed by atoms with Crippen LogP contribution in [0.25, 0.3) is 0 Å². The van der Waals surface area contributed by atoms with Crippen LogP contribution in [0.3, 0.4) is 0 Å². The van der Waals surface area contributed by atoms with E-state index in [0.29, 0.717) is 35.8 Å². The summed E-state index contributed by atoms with van der Waals surface area (Å²) in [6.07, 6.45) is 0. The predicted octanol–water partition coefficient (Wildman–Crippen LogP) is 2.59. The van der Waals surface area contributed by atoms with Gasteiger partial charge in [0.1, 0.15) is 5.82 Å². The predicted molar refractivity (Wildman–Crippen MR) is 104 cm³/mol. The van der Waals surface area contributed by atoms with Crippen LogP contribution in [0, 0.1) is 5.82 Å². The van der Waals surface area contributed by atoms with Crippen molar-refractivity contribution in [3.8, 4) is 0 Å². The molecule has 0 atom stereocenters. The molecule has 0 bridgehead atoms. The van der Waals surface area contributed by atoms with Gasteiger partial charge in [0, 0.05) is 48.9 Å². The van der Waals surface area contributed by atoms with Crippen molar-refractivity contribution in [2.75, 3.05) is 26.2 Å². The molecule has 2 aromatic rings. The number of carboxylic acids is 2. The summed E-state index contributed by atoms with van der Waals surface area (Å²) in [7, 11) is 0. The molecule has 0 saturated carbocycles. The maximum absolute atomic E-state index is 13.7. The molecule has 2 N–H and O–H groups in total. The third-order valence-electron chi connectivity index (χ3n) is 4.27. The lowest BCUT2D eigenvalue weighted by atomic mass is 10.1. The molecular formula is C20H20ClFN2O5. The summed E-state index contributed by atoms with van der Waals surface area (Å²) in [6.45, 7) is 3.33. The summed E-state index contributed by atoms with van der Waals surface area (Å²) in [6, 6.07) is 13.8. The lowest BCUT2D eigenvalue weighted by molar-refractivity contribution is -0.159. The molecule has 2 aromatic carbocycles. The quantitative estimate of drug-likeness (QED) is 0.738. The molecule has 29 heavy (non-hydrogen) atoms. The number of carboxylic acid groups (broad SMARTS) is 2. The smallest absolute Gasteiger partial charge is 0.414 e. The fourth-order valence-electron chi connectivity index (χ4n) is 2.78. The first-order valence-electron chi connectivity index (χ1n) is 8.74. The van der Waals surface area contributed by atoms with E-state index in [1.54, 1.807) is 36.4 Å². The second-order valence-electron chi connectivity index (χ2n) is 6.28. The molecule has 0 aliphatic carbocycles. The fraction of sp³-hybridized carbons (Fsp3) is 0.250. The number of piperazine rings is 1. The van der Waals surface area contributed by atoms with Crippen molar-refractivity contribution in [1.29, 1.82) is 0 Å². The van der Waals surface area contributed by atoms with Gasteiger partial charge in [-0.05, 0) is 24.3 Å². The average Bonchev–Trinajstić information content (AvgIpc) is 2.70. The Morgan fingerprint density at radius 3 is 2.10 bits per heavy atom. The van der Waals surface area contributed by atoms with Crippen LogP contribution in [0.2, 0.25) is 5.02 Å². The van der Waals surface area contributed by atoms with E-state index in [9.17, 15) is 9.18 Å². The highest BCUT2D eigenvalue weighted by Crippen LogP contribution is 2.16. The van der Waals surface area contributed by atoms with Crippen LogP contribution in [-0.2, 0) is 16.1 Å². The number of halogens is 2. The van der Waals surface area contributed by atoms with E-state index in [4.69, 9.17) is 31.4 Å². The molecule has 154 valence electrons. The van der Waals surface area contributed by atoms with Gasteiger partial charge in [-0.15, -0.1) is 0 Å². The monoisotopic (exact) mass is 422 g/mol. The molecule has 1 amide bonds. The van der Waals surface area contributed by atoms with Gasteiger partial charge in [-0.25, -0.2) is 14.0 Å². The zero-order valence-corrected chi connectivity index (χ0v) is 16.2. The van der Waals surface area contributed by atoms with Gasteiger partial charge in [0.25, 0.3) is 5.91 Å². The molecule has 1 heterocycles. The van der Waals surface area contributed by atoms with Crippen molar-refractivity contribution in [2.24, 2.45) is 0 Å². The topological polar surface area (TPSA) is 98.1 Å². The maximum Gasteiger partial charge on any atom is 0.414 e. The van der Waals surface area contributed by atoms with Crippen molar-refractivity contribution < 1.29 is 29.0 Å². The van der Waals surface area contributed by atoms with Crippen LogP contribution in [0.1, 0.15) is 15.9 Å².